The molecule has 0 unspecified atom stereocenters. The van der Waals surface area contributed by atoms with E-state index in [9.17, 15) is 0 Å². The van der Waals surface area contributed by atoms with Gasteiger partial charge in [-0.3, -0.25) is 4.98 Å². The number of aromatic nitrogens is 1. The third-order valence-electron chi connectivity index (χ3n) is 2.89. The quantitative estimate of drug-likeness (QED) is 0.682. The second kappa shape index (κ2) is 5.68. The number of fused-ring (bicyclic) bond motifs is 1. The lowest BCUT2D eigenvalue weighted by atomic mass is 10.1. The maximum absolute atomic E-state index is 6.29. The molecule has 0 N–H and O–H groups in total. The molecule has 0 saturated heterocycles. The van der Waals surface area contributed by atoms with E-state index in [1.807, 2.05) is 30.3 Å². The van der Waals surface area contributed by atoms with E-state index in [1.165, 1.54) is 0 Å². The molecule has 0 atom stereocenters. The van der Waals surface area contributed by atoms with Crippen LogP contribution < -0.4 is 0 Å². The summed E-state index contributed by atoms with van der Waals surface area (Å²) in [6.45, 7) is 0. The third-order valence-corrected chi connectivity index (χ3v) is 4.23. The Hall–Kier alpha value is -1.45. The van der Waals surface area contributed by atoms with Crippen LogP contribution in [0, 0.1) is 0 Å². The van der Waals surface area contributed by atoms with E-state index in [2.05, 4.69) is 11.1 Å². The molecule has 4 heteroatoms. The summed E-state index contributed by atoms with van der Waals surface area (Å²) in [6, 6.07) is 11.8. The van der Waals surface area contributed by atoms with Crippen LogP contribution in [-0.4, -0.2) is 4.98 Å². The van der Waals surface area contributed by atoms with Gasteiger partial charge >= 0.3 is 0 Å². The Morgan fingerprint density at radius 3 is 2.89 bits per heavy atom. The Kier molecular flexibility index (Phi) is 3.76. The average molecular weight is 290 g/mol. The van der Waals surface area contributed by atoms with Crippen LogP contribution in [0.4, 0.5) is 0 Å². The number of hydrogen-bond acceptors (Lipinski definition) is 3. The number of hydrogen-bond donors (Lipinski definition) is 0. The number of halogens is 1. The van der Waals surface area contributed by atoms with Crippen molar-refractivity contribution in [1.82, 2.24) is 4.98 Å². The molecule has 0 saturated carbocycles. The van der Waals surface area contributed by atoms with Crippen molar-refractivity contribution in [2.45, 2.75) is 11.5 Å². The number of nitrogens with zero attached hydrogens (tertiary/aromatic N) is 1. The number of furan rings is 1. The highest BCUT2D eigenvalue weighted by molar-refractivity contribution is 7.97. The third kappa shape index (κ3) is 2.77. The standard InChI is InChI=1S/C15H12ClNOS/c16-14-6-5-11-3-1-7-17-15(11)13(14)10-19-9-12-4-2-8-18-12/h1-8H,9-10H2. The van der Waals surface area contributed by atoms with Crippen LogP contribution in [-0.2, 0) is 11.5 Å². The summed E-state index contributed by atoms with van der Waals surface area (Å²) in [7, 11) is 0. The van der Waals surface area contributed by atoms with Crippen LogP contribution in [0.5, 0.6) is 0 Å². The largest absolute Gasteiger partial charge is 0.468 e. The highest BCUT2D eigenvalue weighted by Crippen LogP contribution is 2.29. The minimum absolute atomic E-state index is 0.776. The van der Waals surface area contributed by atoms with Crippen LogP contribution in [0.15, 0.2) is 53.3 Å². The van der Waals surface area contributed by atoms with Gasteiger partial charge in [-0.1, -0.05) is 23.7 Å². The van der Waals surface area contributed by atoms with E-state index in [1.54, 1.807) is 24.2 Å². The zero-order chi connectivity index (χ0) is 13.1. The number of rotatable bonds is 4. The van der Waals surface area contributed by atoms with Gasteiger partial charge < -0.3 is 4.42 Å². The van der Waals surface area contributed by atoms with Crippen LogP contribution >= 0.6 is 23.4 Å². The molecule has 2 nitrogen and oxygen atoms in total. The zero-order valence-corrected chi connectivity index (χ0v) is 11.7. The van der Waals surface area contributed by atoms with Crippen molar-refractivity contribution in [1.29, 1.82) is 0 Å². The molecule has 0 aliphatic rings. The lowest BCUT2D eigenvalue weighted by Crippen LogP contribution is -1.89. The highest BCUT2D eigenvalue weighted by atomic mass is 35.5. The molecule has 2 heterocycles. The van der Waals surface area contributed by atoms with Crippen LogP contribution in [0.3, 0.4) is 0 Å². The van der Waals surface area contributed by atoms with Gasteiger partial charge in [-0.15, -0.1) is 11.8 Å². The first-order valence-corrected chi connectivity index (χ1v) is 7.50. The normalized spacial score (nSPS) is 11.0. The molecule has 0 amide bonds. The van der Waals surface area contributed by atoms with Gasteiger partial charge in [0.05, 0.1) is 17.5 Å². The fraction of sp³-hybridized carbons (Fsp3) is 0.133. The Morgan fingerprint density at radius 2 is 2.05 bits per heavy atom. The lowest BCUT2D eigenvalue weighted by Gasteiger charge is -2.07. The van der Waals surface area contributed by atoms with Crippen molar-refractivity contribution in [2.24, 2.45) is 0 Å². The van der Waals surface area contributed by atoms with Gasteiger partial charge in [0, 0.05) is 27.9 Å². The number of pyridine rings is 1. The van der Waals surface area contributed by atoms with E-state index in [0.29, 0.717) is 0 Å². The molecule has 2 aromatic heterocycles. The summed E-state index contributed by atoms with van der Waals surface area (Å²) in [5.41, 5.74) is 2.08. The summed E-state index contributed by atoms with van der Waals surface area (Å²) in [4.78, 5) is 4.44. The van der Waals surface area contributed by atoms with E-state index >= 15 is 0 Å². The predicted octanol–water partition coefficient (Wildman–Crippen LogP) is 4.91. The van der Waals surface area contributed by atoms with Crippen LogP contribution in [0.1, 0.15) is 11.3 Å². The Bertz CT molecular complexity index is 682. The second-order valence-electron chi connectivity index (χ2n) is 4.17. The van der Waals surface area contributed by atoms with Gasteiger partial charge in [0.2, 0.25) is 0 Å². The first-order valence-electron chi connectivity index (χ1n) is 5.97. The molecule has 3 aromatic rings. The number of benzene rings is 1. The molecule has 0 spiro atoms. The monoisotopic (exact) mass is 289 g/mol. The molecule has 0 aliphatic carbocycles. The summed E-state index contributed by atoms with van der Waals surface area (Å²) < 4.78 is 5.32. The SMILES string of the molecule is Clc1ccc2cccnc2c1CSCc1ccco1. The van der Waals surface area contributed by atoms with E-state index < -0.39 is 0 Å². The van der Waals surface area contributed by atoms with E-state index in [0.717, 1.165) is 38.8 Å². The smallest absolute Gasteiger partial charge is 0.113 e. The van der Waals surface area contributed by atoms with Crippen molar-refractivity contribution in [3.63, 3.8) is 0 Å². The highest BCUT2D eigenvalue weighted by Gasteiger charge is 2.08. The fourth-order valence-corrected chi connectivity index (χ4v) is 3.23. The minimum Gasteiger partial charge on any atom is -0.468 e. The Morgan fingerprint density at radius 1 is 1.11 bits per heavy atom. The predicted molar refractivity (Wildman–Crippen MR) is 80.5 cm³/mol. The summed E-state index contributed by atoms with van der Waals surface area (Å²) in [6.07, 6.45) is 3.50. The van der Waals surface area contributed by atoms with Gasteiger partial charge in [0.15, 0.2) is 0 Å². The molecule has 0 bridgehead atoms. The van der Waals surface area contributed by atoms with Gasteiger partial charge in [0.1, 0.15) is 5.76 Å². The Balaban J connectivity index is 1.81. The lowest BCUT2D eigenvalue weighted by molar-refractivity contribution is 0.530. The topological polar surface area (TPSA) is 26.0 Å². The first-order chi connectivity index (χ1) is 9.34. The first kappa shape index (κ1) is 12.6. The number of thioether (sulfide) groups is 1. The fourth-order valence-electron chi connectivity index (χ4n) is 1.97. The molecule has 19 heavy (non-hydrogen) atoms. The second-order valence-corrected chi connectivity index (χ2v) is 5.57. The van der Waals surface area contributed by atoms with Gasteiger partial charge in [-0.05, 0) is 24.3 Å². The summed E-state index contributed by atoms with van der Waals surface area (Å²) in [5.74, 6) is 2.65. The summed E-state index contributed by atoms with van der Waals surface area (Å²) in [5, 5.41) is 1.90. The van der Waals surface area contributed by atoms with E-state index in [4.69, 9.17) is 16.0 Å². The molecule has 1 aromatic carbocycles. The van der Waals surface area contributed by atoms with Crippen molar-refractivity contribution >= 4 is 34.3 Å². The van der Waals surface area contributed by atoms with Gasteiger partial charge in [-0.25, -0.2) is 0 Å². The summed E-state index contributed by atoms with van der Waals surface area (Å²) >= 11 is 8.06. The molecule has 0 aliphatic heterocycles. The molecule has 0 radical (unpaired) electrons. The molecule has 3 rings (SSSR count). The molecule has 96 valence electrons. The molecular formula is C15H12ClNOS. The maximum atomic E-state index is 6.29. The maximum Gasteiger partial charge on any atom is 0.113 e. The van der Waals surface area contributed by atoms with Crippen LogP contribution in [0.2, 0.25) is 5.02 Å². The van der Waals surface area contributed by atoms with Gasteiger partial charge in [0.25, 0.3) is 0 Å². The Labute approximate surface area is 120 Å². The molecular weight excluding hydrogens is 278 g/mol. The van der Waals surface area contributed by atoms with Crippen molar-refractivity contribution in [3.8, 4) is 0 Å². The van der Waals surface area contributed by atoms with Gasteiger partial charge in [-0.2, -0.15) is 0 Å². The van der Waals surface area contributed by atoms with Crippen LogP contribution in [0.25, 0.3) is 10.9 Å². The average Bonchev–Trinajstić information content (AvgIpc) is 2.94. The van der Waals surface area contributed by atoms with Crippen molar-refractivity contribution in [3.05, 3.63) is 65.2 Å². The zero-order valence-electron chi connectivity index (χ0n) is 10.2. The minimum atomic E-state index is 0.776. The van der Waals surface area contributed by atoms with Crippen molar-refractivity contribution in [2.75, 3.05) is 0 Å². The van der Waals surface area contributed by atoms with E-state index in [-0.39, 0.29) is 0 Å². The van der Waals surface area contributed by atoms with Crippen molar-refractivity contribution < 1.29 is 4.42 Å². The molecule has 0 fully saturated rings.